The SMILES string of the molecule is CCc1cccnc1CNc1cc(N)nc(C)n1. The van der Waals surface area contributed by atoms with Crippen molar-refractivity contribution >= 4 is 11.6 Å². The summed E-state index contributed by atoms with van der Waals surface area (Å²) in [5.41, 5.74) is 7.95. The van der Waals surface area contributed by atoms with Crippen LogP contribution in [0.2, 0.25) is 0 Å². The maximum atomic E-state index is 5.68. The number of nitrogens with zero attached hydrogens (tertiary/aromatic N) is 3. The van der Waals surface area contributed by atoms with Gasteiger partial charge in [-0.05, 0) is 25.0 Å². The van der Waals surface area contributed by atoms with E-state index in [1.54, 1.807) is 12.3 Å². The fourth-order valence-electron chi connectivity index (χ4n) is 1.81. The normalized spacial score (nSPS) is 10.3. The molecule has 18 heavy (non-hydrogen) atoms. The van der Waals surface area contributed by atoms with Crippen LogP contribution in [0, 0.1) is 6.92 Å². The highest BCUT2D eigenvalue weighted by Crippen LogP contribution is 2.11. The van der Waals surface area contributed by atoms with Gasteiger partial charge < -0.3 is 11.1 Å². The van der Waals surface area contributed by atoms with Gasteiger partial charge in [-0.1, -0.05) is 13.0 Å². The van der Waals surface area contributed by atoms with E-state index in [4.69, 9.17) is 5.73 Å². The van der Waals surface area contributed by atoms with Crippen molar-refractivity contribution in [3.05, 3.63) is 41.5 Å². The lowest BCUT2D eigenvalue weighted by molar-refractivity contribution is 0.954. The van der Waals surface area contributed by atoms with E-state index in [1.807, 2.05) is 13.0 Å². The summed E-state index contributed by atoms with van der Waals surface area (Å²) in [5.74, 6) is 1.86. The van der Waals surface area contributed by atoms with Crippen LogP contribution in [0.3, 0.4) is 0 Å². The van der Waals surface area contributed by atoms with Crippen LogP contribution in [0.25, 0.3) is 0 Å². The van der Waals surface area contributed by atoms with Crippen LogP contribution < -0.4 is 11.1 Å². The third-order valence-electron chi connectivity index (χ3n) is 2.66. The standard InChI is InChI=1S/C13H17N5/c1-3-10-5-4-6-15-11(10)8-16-13-7-12(14)17-9(2)18-13/h4-7H,3,8H2,1-2H3,(H3,14,16,17,18). The summed E-state index contributed by atoms with van der Waals surface area (Å²) >= 11 is 0. The molecule has 0 atom stereocenters. The van der Waals surface area contributed by atoms with Crippen molar-refractivity contribution in [2.24, 2.45) is 0 Å². The van der Waals surface area contributed by atoms with E-state index in [2.05, 4.69) is 33.3 Å². The Bertz CT molecular complexity index is 518. The number of rotatable bonds is 4. The second kappa shape index (κ2) is 5.44. The van der Waals surface area contributed by atoms with E-state index < -0.39 is 0 Å². The van der Waals surface area contributed by atoms with Gasteiger partial charge in [0.25, 0.3) is 0 Å². The molecule has 0 radical (unpaired) electrons. The van der Waals surface area contributed by atoms with Crippen molar-refractivity contribution in [2.75, 3.05) is 11.1 Å². The molecule has 5 heteroatoms. The summed E-state index contributed by atoms with van der Waals surface area (Å²) in [5, 5.41) is 3.22. The summed E-state index contributed by atoms with van der Waals surface area (Å²) < 4.78 is 0. The molecule has 0 aliphatic rings. The van der Waals surface area contributed by atoms with E-state index >= 15 is 0 Å². The van der Waals surface area contributed by atoms with Gasteiger partial charge in [-0.2, -0.15) is 0 Å². The van der Waals surface area contributed by atoms with E-state index in [-0.39, 0.29) is 0 Å². The monoisotopic (exact) mass is 243 g/mol. The molecule has 2 aromatic rings. The molecule has 0 spiro atoms. The number of nitrogens with one attached hydrogen (secondary N) is 1. The molecule has 2 aromatic heterocycles. The number of anilines is 2. The first-order chi connectivity index (χ1) is 8.69. The summed E-state index contributed by atoms with van der Waals surface area (Å²) in [6.45, 7) is 4.58. The molecular formula is C13H17N5. The molecule has 2 rings (SSSR count). The zero-order valence-electron chi connectivity index (χ0n) is 10.6. The summed E-state index contributed by atoms with van der Waals surface area (Å²) in [7, 11) is 0. The third kappa shape index (κ3) is 2.94. The van der Waals surface area contributed by atoms with Crippen molar-refractivity contribution in [1.29, 1.82) is 0 Å². The second-order valence-electron chi connectivity index (χ2n) is 4.04. The van der Waals surface area contributed by atoms with Crippen LogP contribution >= 0.6 is 0 Å². The number of hydrogen-bond donors (Lipinski definition) is 2. The number of nitrogen functional groups attached to an aromatic ring is 1. The van der Waals surface area contributed by atoms with Crippen molar-refractivity contribution in [1.82, 2.24) is 15.0 Å². The van der Waals surface area contributed by atoms with Crippen molar-refractivity contribution in [3.8, 4) is 0 Å². The van der Waals surface area contributed by atoms with Gasteiger partial charge in [0.1, 0.15) is 17.5 Å². The maximum absolute atomic E-state index is 5.68. The maximum Gasteiger partial charge on any atom is 0.132 e. The average molecular weight is 243 g/mol. The Morgan fingerprint density at radius 3 is 2.89 bits per heavy atom. The predicted molar refractivity (Wildman–Crippen MR) is 72.1 cm³/mol. The van der Waals surface area contributed by atoms with Gasteiger partial charge in [-0.25, -0.2) is 9.97 Å². The van der Waals surface area contributed by atoms with Gasteiger partial charge in [-0.15, -0.1) is 0 Å². The Morgan fingerprint density at radius 1 is 1.33 bits per heavy atom. The van der Waals surface area contributed by atoms with Gasteiger partial charge in [0, 0.05) is 12.3 Å². The van der Waals surface area contributed by atoms with E-state index in [9.17, 15) is 0 Å². The molecule has 0 aliphatic carbocycles. The first-order valence-corrected chi connectivity index (χ1v) is 5.97. The highest BCUT2D eigenvalue weighted by molar-refractivity contribution is 5.44. The Kier molecular flexibility index (Phi) is 3.72. The van der Waals surface area contributed by atoms with Crippen LogP contribution in [-0.2, 0) is 13.0 Å². The minimum absolute atomic E-state index is 0.474. The number of aromatic nitrogens is 3. The Labute approximate surface area is 106 Å². The Morgan fingerprint density at radius 2 is 2.17 bits per heavy atom. The molecule has 0 saturated carbocycles. The molecule has 94 valence electrons. The lowest BCUT2D eigenvalue weighted by atomic mass is 10.1. The number of pyridine rings is 1. The Hall–Kier alpha value is -2.17. The summed E-state index contributed by atoms with van der Waals surface area (Å²) in [6.07, 6.45) is 2.77. The number of hydrogen-bond acceptors (Lipinski definition) is 5. The number of aryl methyl sites for hydroxylation is 2. The van der Waals surface area contributed by atoms with Crippen LogP contribution in [0.1, 0.15) is 24.0 Å². The van der Waals surface area contributed by atoms with E-state index in [0.29, 0.717) is 18.2 Å². The first kappa shape index (κ1) is 12.3. The van der Waals surface area contributed by atoms with Gasteiger partial charge >= 0.3 is 0 Å². The van der Waals surface area contributed by atoms with Gasteiger partial charge in [0.05, 0.1) is 12.2 Å². The lowest BCUT2D eigenvalue weighted by Crippen LogP contribution is -2.07. The smallest absolute Gasteiger partial charge is 0.132 e. The lowest BCUT2D eigenvalue weighted by Gasteiger charge is -2.09. The van der Waals surface area contributed by atoms with Crippen LogP contribution in [-0.4, -0.2) is 15.0 Å². The molecule has 0 bridgehead atoms. The zero-order valence-corrected chi connectivity index (χ0v) is 10.6. The van der Waals surface area contributed by atoms with Crippen LogP contribution in [0.15, 0.2) is 24.4 Å². The Balaban J connectivity index is 2.11. The summed E-state index contributed by atoms with van der Waals surface area (Å²) in [4.78, 5) is 12.7. The second-order valence-corrected chi connectivity index (χ2v) is 4.04. The minimum Gasteiger partial charge on any atom is -0.384 e. The van der Waals surface area contributed by atoms with Crippen molar-refractivity contribution in [2.45, 2.75) is 26.8 Å². The van der Waals surface area contributed by atoms with Crippen molar-refractivity contribution < 1.29 is 0 Å². The highest BCUT2D eigenvalue weighted by atomic mass is 15.0. The quantitative estimate of drug-likeness (QED) is 0.858. The molecule has 2 heterocycles. The minimum atomic E-state index is 0.474. The highest BCUT2D eigenvalue weighted by Gasteiger charge is 2.03. The molecule has 0 saturated heterocycles. The van der Waals surface area contributed by atoms with Gasteiger partial charge in [0.15, 0.2) is 0 Å². The average Bonchev–Trinajstić information content (AvgIpc) is 2.35. The molecule has 0 amide bonds. The molecule has 0 fully saturated rings. The summed E-state index contributed by atoms with van der Waals surface area (Å²) in [6, 6.07) is 5.76. The fourth-order valence-corrected chi connectivity index (χ4v) is 1.81. The molecular weight excluding hydrogens is 226 g/mol. The number of nitrogens with two attached hydrogens (primary N) is 1. The fraction of sp³-hybridized carbons (Fsp3) is 0.308. The molecule has 0 aromatic carbocycles. The molecule has 0 aliphatic heterocycles. The molecule has 3 N–H and O–H groups in total. The van der Waals surface area contributed by atoms with Crippen molar-refractivity contribution in [3.63, 3.8) is 0 Å². The van der Waals surface area contributed by atoms with Crippen LogP contribution in [0.4, 0.5) is 11.6 Å². The molecule has 0 unspecified atom stereocenters. The van der Waals surface area contributed by atoms with E-state index in [0.717, 1.165) is 17.9 Å². The topological polar surface area (TPSA) is 76.7 Å². The van der Waals surface area contributed by atoms with Gasteiger partial charge in [0.2, 0.25) is 0 Å². The largest absolute Gasteiger partial charge is 0.384 e. The van der Waals surface area contributed by atoms with Crippen LogP contribution in [0.5, 0.6) is 0 Å². The zero-order chi connectivity index (χ0) is 13.0. The predicted octanol–water partition coefficient (Wildman–Crippen LogP) is 1.94. The molecule has 5 nitrogen and oxygen atoms in total. The first-order valence-electron chi connectivity index (χ1n) is 5.97. The third-order valence-corrected chi connectivity index (χ3v) is 2.66. The van der Waals surface area contributed by atoms with E-state index in [1.165, 1.54) is 5.56 Å². The van der Waals surface area contributed by atoms with Gasteiger partial charge in [-0.3, -0.25) is 4.98 Å².